The van der Waals surface area contributed by atoms with Crippen LogP contribution in [-0.2, 0) is 9.53 Å². The summed E-state index contributed by atoms with van der Waals surface area (Å²) in [7, 11) is 0. The fourth-order valence-electron chi connectivity index (χ4n) is 3.90. The number of amides is 1. The number of piperidine rings is 1. The summed E-state index contributed by atoms with van der Waals surface area (Å²) < 4.78 is 5.80. The molecule has 0 aromatic heterocycles. The highest BCUT2D eigenvalue weighted by molar-refractivity contribution is 5.77. The van der Waals surface area contributed by atoms with E-state index in [0.29, 0.717) is 0 Å². The van der Waals surface area contributed by atoms with Crippen molar-refractivity contribution in [3.8, 4) is 0 Å². The first-order valence-electron chi connectivity index (χ1n) is 9.36. The van der Waals surface area contributed by atoms with Crippen LogP contribution in [-0.4, -0.2) is 41.7 Å². The van der Waals surface area contributed by atoms with E-state index in [0.717, 1.165) is 44.3 Å². The van der Waals surface area contributed by atoms with Crippen molar-refractivity contribution in [1.82, 2.24) is 4.90 Å². The van der Waals surface area contributed by atoms with Gasteiger partial charge in [-0.3, -0.25) is 4.79 Å². The van der Waals surface area contributed by atoms with Gasteiger partial charge in [0, 0.05) is 13.1 Å². The molecule has 2 fully saturated rings. The van der Waals surface area contributed by atoms with Crippen LogP contribution in [0.1, 0.15) is 56.6 Å². The molecule has 0 unspecified atom stereocenters. The predicted octanol–water partition coefficient (Wildman–Crippen LogP) is 3.31. The molecule has 132 valence electrons. The highest BCUT2D eigenvalue weighted by Crippen LogP contribution is 2.30. The first kappa shape index (κ1) is 17.4. The molecular formula is C20H29NO3. The maximum atomic E-state index is 12.3. The van der Waals surface area contributed by atoms with Crippen molar-refractivity contribution in [3.63, 3.8) is 0 Å². The van der Waals surface area contributed by atoms with E-state index in [4.69, 9.17) is 4.74 Å². The van der Waals surface area contributed by atoms with E-state index in [1.165, 1.54) is 19.3 Å². The van der Waals surface area contributed by atoms with Crippen LogP contribution in [0.25, 0.3) is 0 Å². The average Bonchev–Trinajstić information content (AvgIpc) is 2.67. The molecule has 1 aromatic rings. The summed E-state index contributed by atoms with van der Waals surface area (Å²) in [5, 5.41) is 10.5. The third-order valence-corrected chi connectivity index (χ3v) is 5.47. The number of hydrogen-bond donors (Lipinski definition) is 1. The van der Waals surface area contributed by atoms with Gasteiger partial charge in [0.1, 0.15) is 6.61 Å². The largest absolute Gasteiger partial charge is 0.388 e. The molecule has 4 heteroatoms. The van der Waals surface area contributed by atoms with Crippen molar-refractivity contribution in [3.05, 3.63) is 35.9 Å². The molecule has 1 aliphatic heterocycles. The predicted molar refractivity (Wildman–Crippen MR) is 93.5 cm³/mol. The van der Waals surface area contributed by atoms with Gasteiger partial charge in [0.05, 0.1) is 12.2 Å². The fourth-order valence-corrected chi connectivity index (χ4v) is 3.90. The van der Waals surface area contributed by atoms with Gasteiger partial charge in [0.15, 0.2) is 0 Å². The lowest BCUT2D eigenvalue weighted by atomic mass is 9.87. The van der Waals surface area contributed by atoms with Gasteiger partial charge >= 0.3 is 0 Å². The third kappa shape index (κ3) is 4.58. The van der Waals surface area contributed by atoms with Crippen LogP contribution in [0.3, 0.4) is 0 Å². The molecule has 0 spiro atoms. The van der Waals surface area contributed by atoms with E-state index in [1.54, 1.807) is 0 Å². The molecule has 4 nitrogen and oxygen atoms in total. The standard InChI is InChI=1S/C20H29NO3/c22-19(15-24-18-9-5-2-6-10-18)21-13-11-17(12-14-21)20(23)16-7-3-1-4-8-16/h1,3-4,7-8,17-18,20,23H,2,5-6,9-15H2/t20-/m0/s1. The summed E-state index contributed by atoms with van der Waals surface area (Å²) in [5.74, 6) is 0.337. The van der Waals surface area contributed by atoms with E-state index in [9.17, 15) is 9.90 Å². The smallest absolute Gasteiger partial charge is 0.248 e. The number of likely N-dealkylation sites (tertiary alicyclic amines) is 1. The molecule has 1 saturated carbocycles. The summed E-state index contributed by atoms with van der Waals surface area (Å²) in [6.07, 6.45) is 7.49. The number of hydrogen-bond acceptors (Lipinski definition) is 3. The number of benzene rings is 1. The molecule has 1 atom stereocenters. The van der Waals surface area contributed by atoms with Crippen LogP contribution < -0.4 is 0 Å². The summed E-state index contributed by atoms with van der Waals surface area (Å²) in [4.78, 5) is 14.2. The topological polar surface area (TPSA) is 49.8 Å². The number of carbonyl (C=O) groups excluding carboxylic acids is 1. The Hall–Kier alpha value is -1.39. The maximum Gasteiger partial charge on any atom is 0.248 e. The molecule has 1 aromatic carbocycles. The van der Waals surface area contributed by atoms with Crippen molar-refractivity contribution in [2.24, 2.45) is 5.92 Å². The number of aliphatic hydroxyl groups excluding tert-OH is 1. The first-order valence-corrected chi connectivity index (χ1v) is 9.36. The number of nitrogens with zero attached hydrogens (tertiary/aromatic N) is 1. The minimum absolute atomic E-state index is 0.105. The van der Waals surface area contributed by atoms with Crippen molar-refractivity contribution in [2.75, 3.05) is 19.7 Å². The maximum absolute atomic E-state index is 12.3. The molecule has 1 heterocycles. The van der Waals surface area contributed by atoms with E-state index in [-0.39, 0.29) is 24.5 Å². The van der Waals surface area contributed by atoms with Crippen molar-refractivity contribution in [2.45, 2.75) is 57.2 Å². The minimum Gasteiger partial charge on any atom is -0.388 e. The summed E-state index contributed by atoms with van der Waals surface area (Å²) in [6, 6.07) is 9.82. The first-order chi connectivity index (χ1) is 11.7. The zero-order valence-corrected chi connectivity index (χ0v) is 14.4. The molecule has 2 aliphatic rings. The summed E-state index contributed by atoms with van der Waals surface area (Å²) >= 11 is 0. The molecule has 1 N–H and O–H groups in total. The Morgan fingerprint density at radius 3 is 2.42 bits per heavy atom. The molecule has 1 saturated heterocycles. The number of rotatable bonds is 5. The van der Waals surface area contributed by atoms with Crippen LogP contribution in [0, 0.1) is 5.92 Å². The number of carbonyl (C=O) groups is 1. The zero-order valence-electron chi connectivity index (χ0n) is 14.4. The Labute approximate surface area is 144 Å². The lowest BCUT2D eigenvalue weighted by molar-refractivity contribution is -0.140. The van der Waals surface area contributed by atoms with Gasteiger partial charge in [-0.2, -0.15) is 0 Å². The van der Waals surface area contributed by atoms with Gasteiger partial charge in [-0.25, -0.2) is 0 Å². The lowest BCUT2D eigenvalue weighted by Gasteiger charge is -2.34. The molecule has 3 rings (SSSR count). The molecule has 1 amide bonds. The monoisotopic (exact) mass is 331 g/mol. The van der Waals surface area contributed by atoms with Crippen molar-refractivity contribution in [1.29, 1.82) is 0 Å². The molecule has 0 bridgehead atoms. The molecule has 24 heavy (non-hydrogen) atoms. The van der Waals surface area contributed by atoms with Crippen LogP contribution in [0.15, 0.2) is 30.3 Å². The van der Waals surface area contributed by atoms with Crippen LogP contribution >= 0.6 is 0 Å². The highest BCUT2D eigenvalue weighted by atomic mass is 16.5. The third-order valence-electron chi connectivity index (χ3n) is 5.47. The normalized spacial score (nSPS) is 21.6. The summed E-state index contributed by atoms with van der Waals surface area (Å²) in [6.45, 7) is 1.67. The van der Waals surface area contributed by atoms with Gasteiger partial charge in [-0.15, -0.1) is 0 Å². The van der Waals surface area contributed by atoms with Crippen molar-refractivity contribution < 1.29 is 14.6 Å². The average molecular weight is 331 g/mol. The van der Waals surface area contributed by atoms with Crippen molar-refractivity contribution >= 4 is 5.91 Å². The Balaban J connectivity index is 1.42. The van der Waals surface area contributed by atoms with Gasteiger partial charge in [0.25, 0.3) is 0 Å². The second kappa shape index (κ2) is 8.63. The highest BCUT2D eigenvalue weighted by Gasteiger charge is 2.28. The molecular weight excluding hydrogens is 302 g/mol. The Morgan fingerprint density at radius 1 is 1.08 bits per heavy atom. The van der Waals surface area contributed by atoms with Crippen LogP contribution in [0.4, 0.5) is 0 Å². The Kier molecular flexibility index (Phi) is 6.27. The Morgan fingerprint density at radius 2 is 1.75 bits per heavy atom. The second-order valence-electron chi connectivity index (χ2n) is 7.14. The van der Waals surface area contributed by atoms with E-state index in [1.807, 2.05) is 35.2 Å². The summed E-state index contributed by atoms with van der Waals surface area (Å²) in [5.41, 5.74) is 0.975. The van der Waals surface area contributed by atoms with E-state index < -0.39 is 6.10 Å². The van der Waals surface area contributed by atoms with Gasteiger partial charge < -0.3 is 14.7 Å². The molecule has 1 aliphatic carbocycles. The molecule has 0 radical (unpaired) electrons. The zero-order chi connectivity index (χ0) is 16.8. The minimum atomic E-state index is -0.429. The number of ether oxygens (including phenoxy) is 1. The fraction of sp³-hybridized carbons (Fsp3) is 0.650. The van der Waals surface area contributed by atoms with Gasteiger partial charge in [-0.05, 0) is 37.2 Å². The van der Waals surface area contributed by atoms with Crippen LogP contribution in [0.5, 0.6) is 0 Å². The Bertz CT molecular complexity index is 505. The second-order valence-corrected chi connectivity index (χ2v) is 7.14. The SMILES string of the molecule is O=C(COC1CCCCC1)N1CCC([C@@H](O)c2ccccc2)CC1. The van der Waals surface area contributed by atoms with Gasteiger partial charge in [0.2, 0.25) is 5.91 Å². The number of aliphatic hydroxyl groups is 1. The van der Waals surface area contributed by atoms with E-state index >= 15 is 0 Å². The van der Waals surface area contributed by atoms with Gasteiger partial charge in [-0.1, -0.05) is 49.6 Å². The quantitative estimate of drug-likeness (QED) is 0.900. The lowest BCUT2D eigenvalue weighted by Crippen LogP contribution is -2.42. The van der Waals surface area contributed by atoms with Crippen LogP contribution in [0.2, 0.25) is 0 Å². The van der Waals surface area contributed by atoms with E-state index in [2.05, 4.69) is 0 Å².